The minimum atomic E-state index is 0.669. The molecule has 3 saturated heterocycles. The molecule has 4 heteroatoms. The van der Waals surface area contributed by atoms with Gasteiger partial charge in [0.05, 0.1) is 6.67 Å². The van der Waals surface area contributed by atoms with Crippen LogP contribution in [-0.2, 0) is 0 Å². The number of piperazine rings is 1. The van der Waals surface area contributed by atoms with Gasteiger partial charge in [-0.25, -0.2) is 0 Å². The maximum absolute atomic E-state index is 2.77. The molecule has 0 amide bonds. The van der Waals surface area contributed by atoms with Gasteiger partial charge in [-0.1, -0.05) is 13.8 Å². The predicted octanol–water partition coefficient (Wildman–Crippen LogP) is 3.19. The number of hydrogen-bond donors (Lipinski definition) is 0. The predicted molar refractivity (Wildman–Crippen MR) is 114 cm³/mol. The summed E-state index contributed by atoms with van der Waals surface area (Å²) in [4.78, 5) is 10.9. The van der Waals surface area contributed by atoms with Gasteiger partial charge in [-0.05, 0) is 75.8 Å². The van der Waals surface area contributed by atoms with E-state index >= 15 is 0 Å². The molecule has 156 valence electrons. The van der Waals surface area contributed by atoms with E-state index in [9.17, 15) is 0 Å². The summed E-state index contributed by atoms with van der Waals surface area (Å²) in [7, 11) is 0. The van der Waals surface area contributed by atoms with E-state index in [0.717, 1.165) is 12.0 Å². The second-order valence-electron chi connectivity index (χ2n) is 11.3. The van der Waals surface area contributed by atoms with E-state index in [2.05, 4.69) is 47.3 Å². The largest absolute Gasteiger partial charge is 0.301 e. The molecule has 0 unspecified atom stereocenters. The number of piperidine rings is 1. The quantitative estimate of drug-likeness (QED) is 0.676. The summed E-state index contributed by atoms with van der Waals surface area (Å²) in [6.45, 7) is 22.6. The van der Waals surface area contributed by atoms with Gasteiger partial charge in [-0.2, -0.15) is 0 Å². The van der Waals surface area contributed by atoms with Crippen molar-refractivity contribution in [2.75, 3.05) is 65.6 Å². The lowest BCUT2D eigenvalue weighted by Gasteiger charge is -2.56. The van der Waals surface area contributed by atoms with Gasteiger partial charge in [0.15, 0.2) is 0 Å². The molecule has 0 bridgehead atoms. The summed E-state index contributed by atoms with van der Waals surface area (Å²) in [5.74, 6) is 0.861. The third kappa shape index (κ3) is 4.88. The fourth-order valence-corrected chi connectivity index (χ4v) is 6.15. The van der Waals surface area contributed by atoms with Crippen LogP contribution in [0.4, 0.5) is 0 Å². The fraction of sp³-hybridized carbons (Fsp3) is 1.00. The van der Waals surface area contributed by atoms with Crippen LogP contribution in [0.15, 0.2) is 0 Å². The van der Waals surface area contributed by atoms with Gasteiger partial charge in [0.25, 0.3) is 0 Å². The molecule has 4 fully saturated rings. The van der Waals surface area contributed by atoms with Gasteiger partial charge in [0.2, 0.25) is 0 Å². The Morgan fingerprint density at radius 2 is 1.30 bits per heavy atom. The third-order valence-electron chi connectivity index (χ3n) is 7.93. The Labute approximate surface area is 168 Å². The SMILES string of the molecule is CC(C)CC1(CN2CCN(CN3CC4(CCN(C(C)C)CC4)C3)CC2)CC1. The molecular weight excluding hydrogens is 332 g/mol. The number of rotatable bonds is 7. The summed E-state index contributed by atoms with van der Waals surface area (Å²) in [5, 5.41) is 0. The van der Waals surface area contributed by atoms with E-state index in [0.29, 0.717) is 10.8 Å². The third-order valence-corrected chi connectivity index (χ3v) is 7.93. The van der Waals surface area contributed by atoms with Crippen LogP contribution in [0.5, 0.6) is 0 Å². The second kappa shape index (κ2) is 7.93. The van der Waals surface area contributed by atoms with Crippen LogP contribution in [0.25, 0.3) is 0 Å². The minimum Gasteiger partial charge on any atom is -0.301 e. The molecular formula is C23H44N4. The van der Waals surface area contributed by atoms with Crippen molar-refractivity contribution in [3.05, 3.63) is 0 Å². The Morgan fingerprint density at radius 3 is 1.81 bits per heavy atom. The molecule has 4 rings (SSSR count). The van der Waals surface area contributed by atoms with Crippen molar-refractivity contribution in [2.24, 2.45) is 16.7 Å². The van der Waals surface area contributed by atoms with Crippen LogP contribution in [0, 0.1) is 16.7 Å². The van der Waals surface area contributed by atoms with Gasteiger partial charge >= 0.3 is 0 Å². The highest BCUT2D eigenvalue weighted by Gasteiger charge is 2.46. The summed E-state index contributed by atoms with van der Waals surface area (Å²) < 4.78 is 0. The molecule has 1 saturated carbocycles. The van der Waals surface area contributed by atoms with Crippen LogP contribution < -0.4 is 0 Å². The molecule has 0 aromatic rings. The number of hydrogen-bond acceptors (Lipinski definition) is 4. The Bertz CT molecular complexity index is 475. The summed E-state index contributed by atoms with van der Waals surface area (Å²) in [6.07, 6.45) is 7.25. The van der Waals surface area contributed by atoms with Crippen molar-refractivity contribution >= 4 is 0 Å². The lowest BCUT2D eigenvalue weighted by atomic mass is 9.72. The molecule has 3 aliphatic heterocycles. The van der Waals surface area contributed by atoms with Crippen LogP contribution in [0.3, 0.4) is 0 Å². The fourth-order valence-electron chi connectivity index (χ4n) is 6.15. The summed E-state index contributed by atoms with van der Waals surface area (Å²) in [6, 6.07) is 0.727. The molecule has 1 spiro atoms. The lowest BCUT2D eigenvalue weighted by Crippen LogP contribution is -2.63. The normalized spacial score (nSPS) is 29.6. The Kier molecular flexibility index (Phi) is 5.91. The Morgan fingerprint density at radius 1 is 0.704 bits per heavy atom. The van der Waals surface area contributed by atoms with Gasteiger partial charge in [0.1, 0.15) is 0 Å². The maximum Gasteiger partial charge on any atom is 0.0507 e. The zero-order valence-electron chi connectivity index (χ0n) is 18.6. The summed E-state index contributed by atoms with van der Waals surface area (Å²) in [5.41, 5.74) is 1.37. The van der Waals surface area contributed by atoms with Gasteiger partial charge in [-0.3, -0.25) is 9.80 Å². The highest BCUT2D eigenvalue weighted by atomic mass is 15.4. The van der Waals surface area contributed by atoms with E-state index in [1.807, 2.05) is 0 Å². The van der Waals surface area contributed by atoms with Crippen LogP contribution >= 0.6 is 0 Å². The molecule has 0 atom stereocenters. The molecule has 1 aliphatic carbocycles. The zero-order valence-corrected chi connectivity index (χ0v) is 18.6. The Balaban J connectivity index is 1.13. The molecule has 0 aromatic heterocycles. The van der Waals surface area contributed by atoms with Crippen molar-refractivity contribution in [2.45, 2.75) is 65.8 Å². The molecule has 3 heterocycles. The molecule has 0 N–H and O–H groups in total. The molecule has 0 aromatic carbocycles. The molecule has 4 nitrogen and oxygen atoms in total. The van der Waals surface area contributed by atoms with Gasteiger partial charge in [0, 0.05) is 51.9 Å². The molecule has 27 heavy (non-hydrogen) atoms. The highest BCUT2D eigenvalue weighted by molar-refractivity contribution is 4.99. The standard InChI is InChI=1S/C23H44N4/c1-20(2)15-22(5-6-22)16-24-11-13-25(14-12-24)19-26-17-23(18-26)7-9-27(10-8-23)21(3)4/h20-21H,5-19H2,1-4H3. The van der Waals surface area contributed by atoms with Crippen LogP contribution in [-0.4, -0.2) is 91.2 Å². The monoisotopic (exact) mass is 376 g/mol. The van der Waals surface area contributed by atoms with Gasteiger partial charge in [-0.15, -0.1) is 0 Å². The van der Waals surface area contributed by atoms with Crippen molar-refractivity contribution in [1.82, 2.24) is 19.6 Å². The van der Waals surface area contributed by atoms with Crippen molar-refractivity contribution in [3.63, 3.8) is 0 Å². The second-order valence-corrected chi connectivity index (χ2v) is 11.3. The van der Waals surface area contributed by atoms with Crippen molar-refractivity contribution in [1.29, 1.82) is 0 Å². The average molecular weight is 377 g/mol. The van der Waals surface area contributed by atoms with Gasteiger partial charge < -0.3 is 9.80 Å². The topological polar surface area (TPSA) is 13.0 Å². The number of nitrogens with zero attached hydrogens (tertiary/aromatic N) is 4. The van der Waals surface area contributed by atoms with Crippen LogP contribution in [0.1, 0.15) is 59.8 Å². The van der Waals surface area contributed by atoms with Crippen molar-refractivity contribution in [3.8, 4) is 0 Å². The highest BCUT2D eigenvalue weighted by Crippen LogP contribution is 2.51. The minimum absolute atomic E-state index is 0.669. The zero-order chi connectivity index (χ0) is 19.1. The van der Waals surface area contributed by atoms with E-state index in [1.54, 1.807) is 0 Å². The molecule has 4 aliphatic rings. The smallest absolute Gasteiger partial charge is 0.0507 e. The first-order valence-corrected chi connectivity index (χ1v) is 11.8. The lowest BCUT2D eigenvalue weighted by molar-refractivity contribution is -0.0795. The Hall–Kier alpha value is -0.160. The van der Waals surface area contributed by atoms with Crippen molar-refractivity contribution < 1.29 is 0 Å². The number of likely N-dealkylation sites (tertiary alicyclic amines) is 2. The maximum atomic E-state index is 2.77. The molecule has 0 radical (unpaired) electrons. The summed E-state index contributed by atoms with van der Waals surface area (Å²) >= 11 is 0. The first-order chi connectivity index (χ1) is 12.9. The van der Waals surface area contributed by atoms with E-state index in [4.69, 9.17) is 0 Å². The first kappa shape index (κ1) is 20.1. The van der Waals surface area contributed by atoms with E-state index in [1.165, 1.54) is 97.7 Å². The van der Waals surface area contributed by atoms with E-state index in [-0.39, 0.29) is 0 Å². The van der Waals surface area contributed by atoms with E-state index < -0.39 is 0 Å². The first-order valence-electron chi connectivity index (χ1n) is 11.8. The van der Waals surface area contributed by atoms with Crippen LogP contribution in [0.2, 0.25) is 0 Å². The average Bonchev–Trinajstić information content (AvgIpc) is 3.34.